The van der Waals surface area contributed by atoms with Crippen LogP contribution in [0.1, 0.15) is 48.7 Å². The molecule has 1 aromatic heterocycles. The summed E-state index contributed by atoms with van der Waals surface area (Å²) in [6, 6.07) is 13.3. The first-order chi connectivity index (χ1) is 13.7. The maximum absolute atomic E-state index is 13.0. The molecule has 1 aliphatic heterocycles. The highest BCUT2D eigenvalue weighted by atomic mass is 16.2. The van der Waals surface area contributed by atoms with E-state index in [0.717, 1.165) is 37.3 Å². The summed E-state index contributed by atoms with van der Waals surface area (Å²) >= 11 is 0. The number of pyridine rings is 1. The second-order valence-corrected chi connectivity index (χ2v) is 7.27. The molecule has 1 aliphatic rings. The zero-order chi connectivity index (χ0) is 19.8. The summed E-state index contributed by atoms with van der Waals surface area (Å²) in [5, 5.41) is 8.90. The van der Waals surface area contributed by atoms with Crippen LogP contribution in [0, 0.1) is 11.3 Å². The van der Waals surface area contributed by atoms with Crippen LogP contribution in [-0.2, 0) is 0 Å². The highest BCUT2D eigenvalue weighted by Crippen LogP contribution is 2.21. The Labute approximate surface area is 167 Å². The van der Waals surface area contributed by atoms with Gasteiger partial charge in [0.15, 0.2) is 0 Å². The maximum atomic E-state index is 13.0. The van der Waals surface area contributed by atoms with Crippen LogP contribution in [0.3, 0.4) is 0 Å². The van der Waals surface area contributed by atoms with Gasteiger partial charge in [-0.1, -0.05) is 25.0 Å². The Balaban J connectivity index is 1.68. The van der Waals surface area contributed by atoms with Crippen molar-refractivity contribution in [3.8, 4) is 17.2 Å². The molecule has 0 N–H and O–H groups in total. The zero-order valence-corrected chi connectivity index (χ0v) is 16.6. The molecule has 0 atom stereocenters. The number of hydrogen-bond acceptors (Lipinski definition) is 4. The summed E-state index contributed by atoms with van der Waals surface area (Å²) in [7, 11) is 0. The lowest BCUT2D eigenvalue weighted by Crippen LogP contribution is -2.39. The summed E-state index contributed by atoms with van der Waals surface area (Å²) in [5.41, 5.74) is 2.92. The third kappa shape index (κ3) is 5.17. The number of benzene rings is 1. The highest BCUT2D eigenvalue weighted by molar-refractivity contribution is 5.95. The SMILES string of the molecule is CCN(CCN1CCCCCC1)C(=O)c1cccc(-c2ccc(C#N)nc2)c1. The quantitative estimate of drug-likeness (QED) is 0.766. The third-order valence-electron chi connectivity index (χ3n) is 5.37. The van der Waals surface area contributed by atoms with Gasteiger partial charge in [-0.05, 0) is 62.7 Å². The first-order valence-corrected chi connectivity index (χ1v) is 10.2. The fourth-order valence-corrected chi connectivity index (χ4v) is 3.67. The predicted molar refractivity (Wildman–Crippen MR) is 111 cm³/mol. The molecule has 1 aromatic carbocycles. The van der Waals surface area contributed by atoms with E-state index in [-0.39, 0.29) is 5.91 Å². The number of rotatable bonds is 6. The van der Waals surface area contributed by atoms with E-state index in [2.05, 4.69) is 9.88 Å². The van der Waals surface area contributed by atoms with E-state index in [9.17, 15) is 4.79 Å². The summed E-state index contributed by atoms with van der Waals surface area (Å²) < 4.78 is 0. The molecule has 0 saturated carbocycles. The standard InChI is InChI=1S/C23H28N4O/c1-2-27(15-14-26-12-5-3-4-6-13-26)23(28)20-9-7-8-19(16-20)21-10-11-22(17-24)25-18-21/h7-11,16,18H,2-6,12-15H2,1H3. The number of likely N-dealkylation sites (N-methyl/N-ethyl adjacent to an activating group) is 1. The Hall–Kier alpha value is -2.71. The lowest BCUT2D eigenvalue weighted by Gasteiger charge is -2.26. The smallest absolute Gasteiger partial charge is 0.253 e. The van der Waals surface area contributed by atoms with Crippen LogP contribution in [-0.4, -0.2) is 53.4 Å². The van der Waals surface area contributed by atoms with Gasteiger partial charge in [-0.3, -0.25) is 4.79 Å². The van der Waals surface area contributed by atoms with Crippen LogP contribution in [0.25, 0.3) is 11.1 Å². The molecule has 5 nitrogen and oxygen atoms in total. The van der Waals surface area contributed by atoms with Crippen molar-refractivity contribution in [2.24, 2.45) is 0 Å². The van der Waals surface area contributed by atoms with Crippen molar-refractivity contribution >= 4 is 5.91 Å². The average molecular weight is 377 g/mol. The second kappa shape index (κ2) is 10.0. The van der Waals surface area contributed by atoms with Gasteiger partial charge in [-0.15, -0.1) is 0 Å². The molecule has 0 bridgehead atoms. The minimum Gasteiger partial charge on any atom is -0.338 e. The fraction of sp³-hybridized carbons (Fsp3) is 0.435. The second-order valence-electron chi connectivity index (χ2n) is 7.27. The summed E-state index contributed by atoms with van der Waals surface area (Å²) in [4.78, 5) is 21.6. The van der Waals surface area contributed by atoms with Crippen molar-refractivity contribution in [2.75, 3.05) is 32.7 Å². The van der Waals surface area contributed by atoms with Crippen molar-refractivity contribution in [1.82, 2.24) is 14.8 Å². The van der Waals surface area contributed by atoms with Gasteiger partial charge in [0, 0.05) is 37.0 Å². The number of likely N-dealkylation sites (tertiary alicyclic amines) is 1. The van der Waals surface area contributed by atoms with Crippen LogP contribution in [0.2, 0.25) is 0 Å². The topological polar surface area (TPSA) is 60.2 Å². The van der Waals surface area contributed by atoms with E-state index >= 15 is 0 Å². The Morgan fingerprint density at radius 3 is 2.57 bits per heavy atom. The predicted octanol–water partition coefficient (Wildman–Crippen LogP) is 3.96. The lowest BCUT2D eigenvalue weighted by atomic mass is 10.0. The molecule has 1 saturated heterocycles. The Morgan fingerprint density at radius 1 is 1.14 bits per heavy atom. The number of nitrogens with zero attached hydrogens (tertiary/aromatic N) is 4. The van der Waals surface area contributed by atoms with Gasteiger partial charge >= 0.3 is 0 Å². The Bertz CT molecular complexity index is 817. The van der Waals surface area contributed by atoms with Crippen molar-refractivity contribution in [1.29, 1.82) is 5.26 Å². The number of hydrogen-bond donors (Lipinski definition) is 0. The highest BCUT2D eigenvalue weighted by Gasteiger charge is 2.17. The molecule has 28 heavy (non-hydrogen) atoms. The van der Waals surface area contributed by atoms with Crippen molar-refractivity contribution in [2.45, 2.75) is 32.6 Å². The van der Waals surface area contributed by atoms with E-state index in [4.69, 9.17) is 5.26 Å². The van der Waals surface area contributed by atoms with E-state index < -0.39 is 0 Å². The molecular weight excluding hydrogens is 348 g/mol. The largest absolute Gasteiger partial charge is 0.338 e. The summed E-state index contributed by atoms with van der Waals surface area (Å²) in [6.07, 6.45) is 6.86. The van der Waals surface area contributed by atoms with Gasteiger partial charge in [0.2, 0.25) is 0 Å². The van der Waals surface area contributed by atoms with Crippen molar-refractivity contribution < 1.29 is 4.79 Å². The van der Waals surface area contributed by atoms with Crippen LogP contribution in [0.15, 0.2) is 42.6 Å². The number of nitriles is 1. The van der Waals surface area contributed by atoms with Crippen LogP contribution in [0.5, 0.6) is 0 Å². The van der Waals surface area contributed by atoms with E-state index in [1.165, 1.54) is 25.7 Å². The molecule has 1 fully saturated rings. The molecule has 0 unspecified atom stereocenters. The molecule has 0 spiro atoms. The fourth-order valence-electron chi connectivity index (χ4n) is 3.67. The molecule has 3 rings (SSSR count). The first kappa shape index (κ1) is 20.0. The molecule has 1 amide bonds. The molecule has 146 valence electrons. The minimum atomic E-state index is 0.0702. The Kier molecular flexibility index (Phi) is 7.16. The number of aromatic nitrogens is 1. The van der Waals surface area contributed by atoms with E-state index in [1.807, 2.05) is 48.2 Å². The lowest BCUT2D eigenvalue weighted by molar-refractivity contribution is 0.0745. The van der Waals surface area contributed by atoms with Gasteiger partial charge in [-0.25, -0.2) is 4.98 Å². The monoisotopic (exact) mass is 376 g/mol. The number of carbonyl (C=O) groups excluding carboxylic acids is 1. The molecule has 0 radical (unpaired) electrons. The molecule has 5 heteroatoms. The maximum Gasteiger partial charge on any atom is 0.253 e. The molecular formula is C23H28N4O. The summed E-state index contributed by atoms with van der Waals surface area (Å²) in [6.45, 7) is 6.74. The van der Waals surface area contributed by atoms with Crippen molar-refractivity contribution in [3.63, 3.8) is 0 Å². The summed E-state index contributed by atoms with van der Waals surface area (Å²) in [5.74, 6) is 0.0702. The van der Waals surface area contributed by atoms with Gasteiger partial charge < -0.3 is 9.80 Å². The van der Waals surface area contributed by atoms with Gasteiger partial charge in [0.1, 0.15) is 11.8 Å². The van der Waals surface area contributed by atoms with Gasteiger partial charge in [-0.2, -0.15) is 5.26 Å². The van der Waals surface area contributed by atoms with E-state index in [1.54, 1.807) is 12.3 Å². The van der Waals surface area contributed by atoms with Gasteiger partial charge in [0.25, 0.3) is 5.91 Å². The minimum absolute atomic E-state index is 0.0702. The van der Waals surface area contributed by atoms with Crippen molar-refractivity contribution in [3.05, 3.63) is 53.9 Å². The van der Waals surface area contributed by atoms with Crippen LogP contribution in [0.4, 0.5) is 0 Å². The third-order valence-corrected chi connectivity index (χ3v) is 5.37. The van der Waals surface area contributed by atoms with E-state index in [0.29, 0.717) is 17.8 Å². The number of amides is 1. The molecule has 2 heterocycles. The molecule has 2 aromatic rings. The van der Waals surface area contributed by atoms with Gasteiger partial charge in [0.05, 0.1) is 0 Å². The average Bonchev–Trinajstić information content (AvgIpc) is 3.03. The first-order valence-electron chi connectivity index (χ1n) is 10.2. The Morgan fingerprint density at radius 2 is 1.93 bits per heavy atom. The zero-order valence-electron chi connectivity index (χ0n) is 16.6. The van der Waals surface area contributed by atoms with Crippen LogP contribution < -0.4 is 0 Å². The number of carbonyl (C=O) groups is 1. The van der Waals surface area contributed by atoms with Crippen LogP contribution >= 0.6 is 0 Å². The normalized spacial score (nSPS) is 14.9. The molecule has 0 aliphatic carbocycles.